The number of halogens is 1. The van der Waals surface area contributed by atoms with Crippen LogP contribution in [0.15, 0.2) is 70.6 Å². The number of thioether (sulfide) groups is 1. The molecule has 1 unspecified atom stereocenters. The van der Waals surface area contributed by atoms with Crippen LogP contribution in [0.4, 0.5) is 5.13 Å². The first-order valence-electron chi connectivity index (χ1n) is 15.2. The summed E-state index contributed by atoms with van der Waals surface area (Å²) in [7, 11) is 0. The van der Waals surface area contributed by atoms with Crippen LogP contribution in [0.2, 0.25) is 5.02 Å². The largest absolute Gasteiger partial charge is 0.507 e. The molecule has 3 aromatic carbocycles. The van der Waals surface area contributed by atoms with Crippen LogP contribution in [0.3, 0.4) is 0 Å². The van der Waals surface area contributed by atoms with Crippen molar-refractivity contribution in [1.29, 1.82) is 0 Å². The third-order valence-electron chi connectivity index (χ3n) is 7.48. The smallest absolute Gasteiger partial charge is 0.301 e. The molecule has 244 valence electrons. The molecule has 6 rings (SSSR count). The summed E-state index contributed by atoms with van der Waals surface area (Å²) >= 11 is 8.66. The van der Waals surface area contributed by atoms with Gasteiger partial charge >= 0.3 is 5.91 Å². The number of hydrogen-bond donors (Lipinski definition) is 1. The van der Waals surface area contributed by atoms with E-state index in [-0.39, 0.29) is 16.5 Å². The Morgan fingerprint density at radius 1 is 1.00 bits per heavy atom. The topological polar surface area (TPSA) is 120 Å². The number of anilines is 1. The lowest BCUT2D eigenvalue weighted by molar-refractivity contribution is -0.132. The van der Waals surface area contributed by atoms with Crippen LogP contribution in [-0.4, -0.2) is 53.4 Å². The lowest BCUT2D eigenvalue weighted by atomic mass is 9.95. The number of unbranched alkanes of at least 4 members (excludes halogenated alkanes) is 1. The highest BCUT2D eigenvalue weighted by molar-refractivity contribution is 8.00. The fourth-order valence-electron chi connectivity index (χ4n) is 5.18. The first-order valence-corrected chi connectivity index (χ1v) is 17.4. The lowest BCUT2D eigenvalue weighted by Crippen LogP contribution is -2.29. The van der Waals surface area contributed by atoms with Crippen LogP contribution in [0.1, 0.15) is 49.4 Å². The van der Waals surface area contributed by atoms with E-state index in [0.717, 1.165) is 18.4 Å². The van der Waals surface area contributed by atoms with Crippen molar-refractivity contribution < 1.29 is 33.6 Å². The van der Waals surface area contributed by atoms with E-state index in [1.54, 1.807) is 36.4 Å². The predicted octanol–water partition coefficient (Wildman–Crippen LogP) is 7.46. The maximum atomic E-state index is 13.8. The van der Waals surface area contributed by atoms with Crippen molar-refractivity contribution in [3.63, 3.8) is 0 Å². The molecule has 0 aliphatic carbocycles. The monoisotopic (exact) mass is 693 g/mol. The van der Waals surface area contributed by atoms with Crippen molar-refractivity contribution in [3.05, 3.63) is 87.9 Å². The van der Waals surface area contributed by atoms with Crippen molar-refractivity contribution in [2.24, 2.45) is 0 Å². The van der Waals surface area contributed by atoms with Gasteiger partial charge in [-0.15, -0.1) is 10.2 Å². The molecular weight excluding hydrogens is 662 g/mol. The van der Waals surface area contributed by atoms with Gasteiger partial charge < -0.3 is 24.1 Å². The second-order valence-corrected chi connectivity index (χ2v) is 13.2. The Labute approximate surface area is 285 Å². The van der Waals surface area contributed by atoms with E-state index in [1.165, 1.54) is 28.0 Å². The van der Waals surface area contributed by atoms with Gasteiger partial charge in [0.2, 0.25) is 5.13 Å². The summed E-state index contributed by atoms with van der Waals surface area (Å²) < 4.78 is 23.9. The predicted molar refractivity (Wildman–Crippen MR) is 181 cm³/mol. The fourth-order valence-corrected chi connectivity index (χ4v) is 7.13. The molecule has 0 saturated carbocycles. The number of aliphatic hydroxyl groups is 1. The number of ether oxygens (including phenoxy) is 4. The molecule has 1 saturated heterocycles. The Hall–Kier alpha value is -4.26. The summed E-state index contributed by atoms with van der Waals surface area (Å²) in [5.41, 5.74) is 1.78. The van der Waals surface area contributed by atoms with Gasteiger partial charge in [-0.1, -0.05) is 66.2 Å². The summed E-state index contributed by atoms with van der Waals surface area (Å²) in [6.07, 6.45) is 1.84. The summed E-state index contributed by atoms with van der Waals surface area (Å²) in [6.45, 7) is 5.58. The highest BCUT2D eigenvalue weighted by Crippen LogP contribution is 2.46. The molecule has 4 aromatic rings. The average molecular weight is 694 g/mol. The number of ketones is 1. The summed E-state index contributed by atoms with van der Waals surface area (Å²) in [4.78, 5) is 28.9. The maximum Gasteiger partial charge on any atom is 0.301 e. The molecule has 0 bridgehead atoms. The van der Waals surface area contributed by atoms with Gasteiger partial charge in [-0.3, -0.25) is 14.5 Å². The van der Waals surface area contributed by atoms with E-state index in [1.807, 2.05) is 31.2 Å². The zero-order valence-electron chi connectivity index (χ0n) is 25.7. The van der Waals surface area contributed by atoms with Gasteiger partial charge in [0.1, 0.15) is 19.0 Å². The van der Waals surface area contributed by atoms with E-state index in [4.69, 9.17) is 30.5 Å². The van der Waals surface area contributed by atoms with Gasteiger partial charge in [0.05, 0.1) is 24.8 Å². The molecule has 0 spiro atoms. The van der Waals surface area contributed by atoms with Crippen molar-refractivity contribution >= 4 is 57.3 Å². The number of carbonyl (C=O) groups excluding carboxylic acids is 2. The van der Waals surface area contributed by atoms with Crippen molar-refractivity contribution in [2.75, 3.05) is 31.3 Å². The Morgan fingerprint density at radius 2 is 1.79 bits per heavy atom. The van der Waals surface area contributed by atoms with Crippen LogP contribution >= 0.6 is 34.7 Å². The number of aromatic nitrogens is 2. The third kappa shape index (κ3) is 7.04. The second kappa shape index (κ2) is 14.7. The molecule has 1 fully saturated rings. The van der Waals surface area contributed by atoms with E-state index in [2.05, 4.69) is 17.1 Å². The van der Waals surface area contributed by atoms with Gasteiger partial charge in [0, 0.05) is 16.3 Å². The SMILES string of the molecule is CCCCOc1ccc(C2/C(=C(\O)c3ccc4c(c3)OCCO4)C(=O)C(=O)N2c2nnc(SCc3ccc(Cl)cc3)s2)cc1OCC. The van der Waals surface area contributed by atoms with Crippen LogP contribution in [0.5, 0.6) is 23.0 Å². The van der Waals surface area contributed by atoms with Crippen LogP contribution < -0.4 is 23.8 Å². The number of rotatable bonds is 12. The normalized spacial score (nSPS) is 16.8. The number of benzene rings is 3. The average Bonchev–Trinajstić information content (AvgIpc) is 3.66. The van der Waals surface area contributed by atoms with E-state index in [9.17, 15) is 14.7 Å². The molecule has 0 radical (unpaired) electrons. The molecule has 3 heterocycles. The minimum atomic E-state index is -1.03. The van der Waals surface area contributed by atoms with Gasteiger partial charge in [-0.25, -0.2) is 0 Å². The van der Waals surface area contributed by atoms with Crippen LogP contribution in [0.25, 0.3) is 5.76 Å². The highest BCUT2D eigenvalue weighted by Gasteiger charge is 2.48. The van der Waals surface area contributed by atoms with Gasteiger partial charge in [-0.2, -0.15) is 0 Å². The van der Waals surface area contributed by atoms with Gasteiger partial charge in [0.15, 0.2) is 27.3 Å². The standard InChI is InChI=1S/C34H32ClN3O7S2/c1-3-5-14-43-24-12-8-21(17-26(24)42-4-2)29-28(30(39)22-9-13-25-27(18-22)45-16-15-44-25)31(40)32(41)38(29)33-36-37-34(47-33)46-19-20-6-10-23(35)11-7-20/h6-13,17-18,29,39H,3-5,14-16,19H2,1-2H3/b30-28+. The summed E-state index contributed by atoms with van der Waals surface area (Å²) in [5, 5.41) is 21.2. The van der Waals surface area contributed by atoms with Crippen molar-refractivity contribution in [2.45, 2.75) is 42.8 Å². The molecule has 2 aliphatic rings. The number of fused-ring (bicyclic) bond motifs is 1. The first-order chi connectivity index (χ1) is 22.9. The molecule has 1 aromatic heterocycles. The third-order valence-corrected chi connectivity index (χ3v) is 9.86. The minimum Gasteiger partial charge on any atom is -0.507 e. The molecule has 1 atom stereocenters. The van der Waals surface area contributed by atoms with Crippen LogP contribution in [0, 0.1) is 0 Å². The minimum absolute atomic E-state index is 0.0978. The Kier molecular flexibility index (Phi) is 10.2. The second-order valence-electron chi connectivity index (χ2n) is 10.6. The van der Waals surface area contributed by atoms with Gasteiger partial charge in [0.25, 0.3) is 5.78 Å². The first kappa shape index (κ1) is 32.7. The number of aliphatic hydroxyl groups excluding tert-OH is 1. The quantitative estimate of drug-likeness (QED) is 0.0400. The summed E-state index contributed by atoms with van der Waals surface area (Å²) in [6, 6.07) is 16.6. The zero-order valence-corrected chi connectivity index (χ0v) is 28.1. The number of Topliss-reactive ketones (excluding diaryl/α,β-unsaturated/α-hetero) is 1. The molecule has 47 heavy (non-hydrogen) atoms. The van der Waals surface area contributed by atoms with Crippen LogP contribution in [-0.2, 0) is 15.3 Å². The summed E-state index contributed by atoms with van der Waals surface area (Å²) in [5.74, 6) is 0.542. The van der Waals surface area contributed by atoms with Crippen molar-refractivity contribution in [1.82, 2.24) is 10.2 Å². The zero-order chi connectivity index (χ0) is 32.9. The van der Waals surface area contributed by atoms with E-state index in [0.29, 0.717) is 75.7 Å². The highest BCUT2D eigenvalue weighted by atomic mass is 35.5. The molecule has 1 N–H and O–H groups in total. The van der Waals surface area contributed by atoms with E-state index < -0.39 is 17.7 Å². The molecule has 13 heteroatoms. The molecular formula is C34H32ClN3O7S2. The Morgan fingerprint density at radius 3 is 2.55 bits per heavy atom. The number of carbonyl (C=O) groups is 2. The Bertz CT molecular complexity index is 1810. The van der Waals surface area contributed by atoms with E-state index >= 15 is 0 Å². The fraction of sp³-hybridized carbons (Fsp3) is 0.294. The van der Waals surface area contributed by atoms with Gasteiger partial charge in [-0.05, 0) is 66.9 Å². The Balaban J connectivity index is 1.41. The van der Waals surface area contributed by atoms with Crippen molar-refractivity contribution in [3.8, 4) is 23.0 Å². The number of hydrogen-bond acceptors (Lipinski definition) is 11. The molecule has 10 nitrogen and oxygen atoms in total. The lowest BCUT2D eigenvalue weighted by Gasteiger charge is -2.24. The number of amides is 1. The number of nitrogens with zero attached hydrogens (tertiary/aromatic N) is 3. The maximum absolute atomic E-state index is 13.8. The molecule has 1 amide bonds. The molecule has 2 aliphatic heterocycles.